The zero-order valence-electron chi connectivity index (χ0n) is 11.6. The summed E-state index contributed by atoms with van der Waals surface area (Å²) in [6.45, 7) is 12.6. The van der Waals surface area contributed by atoms with E-state index in [1.165, 1.54) is 0 Å². The standard InChI is InChI=1S/C13H24N4/c1-6-17(8-9(2)3)12-7-11(14)15-13(16-12)10(4)5/h7,9-10H,6,8H2,1-5H3,(H2,14,15,16). The van der Waals surface area contributed by atoms with Gasteiger partial charge in [-0.15, -0.1) is 0 Å². The first kappa shape index (κ1) is 13.7. The highest BCUT2D eigenvalue weighted by Gasteiger charge is 2.12. The third-order valence-electron chi connectivity index (χ3n) is 2.56. The Labute approximate surface area is 104 Å². The normalized spacial score (nSPS) is 11.2. The van der Waals surface area contributed by atoms with Gasteiger partial charge in [-0.3, -0.25) is 0 Å². The molecule has 0 unspecified atom stereocenters. The predicted molar refractivity (Wildman–Crippen MR) is 73.3 cm³/mol. The van der Waals surface area contributed by atoms with E-state index in [0.717, 1.165) is 24.7 Å². The molecule has 0 amide bonds. The molecule has 0 spiro atoms. The summed E-state index contributed by atoms with van der Waals surface area (Å²) in [4.78, 5) is 11.1. The molecular weight excluding hydrogens is 212 g/mol. The van der Waals surface area contributed by atoms with Gasteiger partial charge >= 0.3 is 0 Å². The van der Waals surface area contributed by atoms with Crippen LogP contribution in [0.15, 0.2) is 6.07 Å². The van der Waals surface area contributed by atoms with Crippen molar-refractivity contribution in [3.8, 4) is 0 Å². The van der Waals surface area contributed by atoms with E-state index in [-0.39, 0.29) is 0 Å². The molecule has 0 aliphatic heterocycles. The number of aromatic nitrogens is 2. The van der Waals surface area contributed by atoms with Crippen LogP contribution in [0.2, 0.25) is 0 Å². The number of nitrogen functional groups attached to an aromatic ring is 1. The maximum Gasteiger partial charge on any atom is 0.135 e. The number of rotatable bonds is 5. The third-order valence-corrected chi connectivity index (χ3v) is 2.56. The quantitative estimate of drug-likeness (QED) is 0.854. The van der Waals surface area contributed by atoms with Gasteiger partial charge in [0.05, 0.1) is 0 Å². The Kier molecular flexibility index (Phi) is 4.73. The van der Waals surface area contributed by atoms with Crippen LogP contribution in [0.3, 0.4) is 0 Å². The summed E-state index contributed by atoms with van der Waals surface area (Å²) in [7, 11) is 0. The second kappa shape index (κ2) is 5.84. The molecule has 0 bridgehead atoms. The van der Waals surface area contributed by atoms with E-state index in [0.29, 0.717) is 17.7 Å². The van der Waals surface area contributed by atoms with E-state index in [9.17, 15) is 0 Å². The lowest BCUT2D eigenvalue weighted by Crippen LogP contribution is -2.28. The van der Waals surface area contributed by atoms with Crippen molar-refractivity contribution >= 4 is 11.6 Å². The maximum absolute atomic E-state index is 5.84. The van der Waals surface area contributed by atoms with Crippen molar-refractivity contribution in [3.63, 3.8) is 0 Å². The molecule has 0 saturated heterocycles. The Balaban J connectivity index is 3.02. The molecular formula is C13H24N4. The Morgan fingerprint density at radius 3 is 2.35 bits per heavy atom. The molecule has 4 heteroatoms. The fraction of sp³-hybridized carbons (Fsp3) is 0.692. The SMILES string of the molecule is CCN(CC(C)C)c1cc(N)nc(C(C)C)n1. The second-order valence-corrected chi connectivity index (χ2v) is 5.10. The first-order valence-electron chi connectivity index (χ1n) is 6.33. The molecule has 1 rings (SSSR count). The van der Waals surface area contributed by atoms with Gasteiger partial charge in [-0.25, -0.2) is 9.97 Å². The Morgan fingerprint density at radius 1 is 1.24 bits per heavy atom. The summed E-state index contributed by atoms with van der Waals surface area (Å²) in [6, 6.07) is 1.86. The van der Waals surface area contributed by atoms with Gasteiger partial charge in [0.2, 0.25) is 0 Å². The van der Waals surface area contributed by atoms with Gasteiger partial charge in [-0.05, 0) is 12.8 Å². The number of hydrogen-bond donors (Lipinski definition) is 1. The number of hydrogen-bond acceptors (Lipinski definition) is 4. The fourth-order valence-corrected chi connectivity index (χ4v) is 1.72. The monoisotopic (exact) mass is 236 g/mol. The van der Waals surface area contributed by atoms with Crippen molar-refractivity contribution in [2.24, 2.45) is 5.92 Å². The average molecular weight is 236 g/mol. The summed E-state index contributed by atoms with van der Waals surface area (Å²) in [5.41, 5.74) is 5.84. The van der Waals surface area contributed by atoms with Crippen LogP contribution in [0.25, 0.3) is 0 Å². The molecule has 1 aromatic rings. The third kappa shape index (κ3) is 3.88. The van der Waals surface area contributed by atoms with E-state index < -0.39 is 0 Å². The zero-order valence-corrected chi connectivity index (χ0v) is 11.6. The summed E-state index contributed by atoms with van der Waals surface area (Å²) >= 11 is 0. The van der Waals surface area contributed by atoms with Gasteiger partial charge in [0, 0.05) is 25.1 Å². The van der Waals surface area contributed by atoms with Gasteiger partial charge in [-0.2, -0.15) is 0 Å². The highest BCUT2D eigenvalue weighted by molar-refractivity contribution is 5.47. The van der Waals surface area contributed by atoms with E-state index in [1.807, 2.05) is 6.07 Å². The van der Waals surface area contributed by atoms with Crippen LogP contribution in [-0.4, -0.2) is 23.1 Å². The largest absolute Gasteiger partial charge is 0.384 e. The number of nitrogens with two attached hydrogens (primary N) is 1. The van der Waals surface area contributed by atoms with Crippen molar-refractivity contribution in [2.75, 3.05) is 23.7 Å². The molecule has 0 aliphatic rings. The van der Waals surface area contributed by atoms with Crippen LogP contribution in [0.5, 0.6) is 0 Å². The van der Waals surface area contributed by atoms with Crippen LogP contribution in [-0.2, 0) is 0 Å². The highest BCUT2D eigenvalue weighted by atomic mass is 15.2. The smallest absolute Gasteiger partial charge is 0.135 e. The average Bonchev–Trinajstić information content (AvgIpc) is 2.24. The molecule has 4 nitrogen and oxygen atoms in total. The first-order valence-corrected chi connectivity index (χ1v) is 6.33. The lowest BCUT2D eigenvalue weighted by atomic mass is 10.2. The van der Waals surface area contributed by atoms with E-state index >= 15 is 0 Å². The zero-order chi connectivity index (χ0) is 13.0. The molecule has 0 aromatic carbocycles. The molecule has 17 heavy (non-hydrogen) atoms. The van der Waals surface area contributed by atoms with Crippen LogP contribution in [0, 0.1) is 5.92 Å². The predicted octanol–water partition coefficient (Wildman–Crippen LogP) is 2.66. The molecule has 1 heterocycles. The van der Waals surface area contributed by atoms with E-state index in [4.69, 9.17) is 5.73 Å². The van der Waals surface area contributed by atoms with E-state index in [2.05, 4.69) is 49.5 Å². The van der Waals surface area contributed by atoms with Crippen LogP contribution in [0.1, 0.15) is 46.4 Å². The van der Waals surface area contributed by atoms with Crippen LogP contribution < -0.4 is 10.6 Å². The maximum atomic E-state index is 5.84. The lowest BCUT2D eigenvalue weighted by molar-refractivity contribution is 0.611. The minimum absolute atomic E-state index is 0.301. The summed E-state index contributed by atoms with van der Waals surface area (Å²) < 4.78 is 0. The van der Waals surface area contributed by atoms with E-state index in [1.54, 1.807) is 0 Å². The molecule has 0 saturated carbocycles. The van der Waals surface area contributed by atoms with Crippen molar-refractivity contribution in [1.82, 2.24) is 9.97 Å². The van der Waals surface area contributed by atoms with Crippen LogP contribution >= 0.6 is 0 Å². The van der Waals surface area contributed by atoms with Gasteiger partial charge < -0.3 is 10.6 Å². The molecule has 0 radical (unpaired) electrons. The minimum Gasteiger partial charge on any atom is -0.384 e. The number of anilines is 2. The van der Waals surface area contributed by atoms with Crippen molar-refractivity contribution in [1.29, 1.82) is 0 Å². The minimum atomic E-state index is 0.301. The molecule has 1 aromatic heterocycles. The molecule has 0 fully saturated rings. The van der Waals surface area contributed by atoms with Crippen molar-refractivity contribution in [2.45, 2.75) is 40.5 Å². The van der Waals surface area contributed by atoms with Gasteiger partial charge in [0.25, 0.3) is 0 Å². The van der Waals surface area contributed by atoms with Gasteiger partial charge in [0.1, 0.15) is 17.5 Å². The molecule has 96 valence electrons. The molecule has 0 atom stereocenters. The summed E-state index contributed by atoms with van der Waals surface area (Å²) in [5.74, 6) is 3.23. The second-order valence-electron chi connectivity index (χ2n) is 5.10. The summed E-state index contributed by atoms with van der Waals surface area (Å²) in [5, 5.41) is 0. The van der Waals surface area contributed by atoms with Gasteiger partial charge in [-0.1, -0.05) is 27.7 Å². The molecule has 0 aliphatic carbocycles. The first-order chi connectivity index (χ1) is 7.93. The Morgan fingerprint density at radius 2 is 1.88 bits per heavy atom. The Bertz CT molecular complexity index is 360. The van der Waals surface area contributed by atoms with Crippen LogP contribution in [0.4, 0.5) is 11.6 Å². The van der Waals surface area contributed by atoms with Gasteiger partial charge in [0.15, 0.2) is 0 Å². The van der Waals surface area contributed by atoms with Crippen molar-refractivity contribution < 1.29 is 0 Å². The molecule has 2 N–H and O–H groups in total. The lowest BCUT2D eigenvalue weighted by Gasteiger charge is -2.24. The number of nitrogens with zero attached hydrogens (tertiary/aromatic N) is 3. The Hall–Kier alpha value is -1.32. The topological polar surface area (TPSA) is 55.0 Å². The summed E-state index contributed by atoms with van der Waals surface area (Å²) in [6.07, 6.45) is 0. The van der Waals surface area contributed by atoms with Crippen molar-refractivity contribution in [3.05, 3.63) is 11.9 Å². The highest BCUT2D eigenvalue weighted by Crippen LogP contribution is 2.19. The fourth-order valence-electron chi connectivity index (χ4n) is 1.72.